The van der Waals surface area contributed by atoms with Crippen molar-refractivity contribution in [1.29, 1.82) is 0 Å². The highest BCUT2D eigenvalue weighted by atomic mass is 32.2. The fourth-order valence-corrected chi connectivity index (χ4v) is 3.99. The van der Waals surface area contributed by atoms with Crippen molar-refractivity contribution in [3.05, 3.63) is 41.6 Å². The molecule has 0 aliphatic carbocycles. The predicted molar refractivity (Wildman–Crippen MR) is 79.5 cm³/mol. The van der Waals surface area contributed by atoms with E-state index in [0.29, 0.717) is 10.0 Å². The summed E-state index contributed by atoms with van der Waals surface area (Å²) in [7, 11) is -2.95. The van der Waals surface area contributed by atoms with Gasteiger partial charge >= 0.3 is 0 Å². The smallest absolute Gasteiger partial charge is 0.159 e. The lowest BCUT2D eigenvalue weighted by Crippen LogP contribution is -2.20. The predicted octanol–water partition coefficient (Wildman–Crippen LogP) is 2.27. The summed E-state index contributed by atoms with van der Waals surface area (Å²) in [4.78, 5) is 1.08. The Morgan fingerprint density at radius 3 is 2.72 bits per heavy atom. The number of thioether (sulfide) groups is 1. The third-order valence-corrected chi connectivity index (χ3v) is 5.26. The molecule has 1 aliphatic heterocycles. The van der Waals surface area contributed by atoms with Gasteiger partial charge in [-0.1, -0.05) is 42.2 Å². The number of benzene rings is 1. The van der Waals surface area contributed by atoms with E-state index in [9.17, 15) is 8.42 Å². The van der Waals surface area contributed by atoms with Crippen LogP contribution in [0, 0.1) is 6.92 Å². The first-order chi connectivity index (χ1) is 8.46. The molecule has 0 radical (unpaired) electrons. The summed E-state index contributed by atoms with van der Waals surface area (Å²) < 4.78 is 23.2. The van der Waals surface area contributed by atoms with Crippen molar-refractivity contribution >= 4 is 38.1 Å². The maximum absolute atomic E-state index is 11.3. The minimum Gasteiger partial charge on any atom is -0.344 e. The fraction of sp³-hybridized carbons (Fsp3) is 0.250. The maximum atomic E-state index is 11.3. The van der Waals surface area contributed by atoms with E-state index in [1.165, 1.54) is 11.8 Å². The number of hydrogen-bond donors (Lipinski definition) is 1. The summed E-state index contributed by atoms with van der Waals surface area (Å²) in [5, 5.41) is 2.99. The average Bonchev–Trinajstić information content (AvgIpc) is 2.61. The molecule has 0 amide bonds. The molecular formula is C12H13NO2S3. The number of nitrogens with one attached hydrogen (secondary N) is 1. The molecule has 0 spiro atoms. The second-order valence-corrected chi connectivity index (χ2v) is 7.89. The zero-order valence-electron chi connectivity index (χ0n) is 9.84. The van der Waals surface area contributed by atoms with Crippen LogP contribution in [0.4, 0.5) is 0 Å². The molecule has 0 saturated carbocycles. The van der Waals surface area contributed by atoms with Gasteiger partial charge < -0.3 is 5.32 Å². The monoisotopic (exact) mass is 299 g/mol. The van der Waals surface area contributed by atoms with Gasteiger partial charge in [0.1, 0.15) is 4.32 Å². The van der Waals surface area contributed by atoms with E-state index in [2.05, 4.69) is 5.32 Å². The van der Waals surface area contributed by atoms with Crippen LogP contribution in [0.15, 0.2) is 40.9 Å². The highest BCUT2D eigenvalue weighted by molar-refractivity contribution is 8.23. The van der Waals surface area contributed by atoms with Crippen LogP contribution in [0.25, 0.3) is 0 Å². The van der Waals surface area contributed by atoms with Gasteiger partial charge in [-0.15, -0.1) is 0 Å². The lowest BCUT2D eigenvalue weighted by Gasteiger charge is -2.09. The SMILES string of the molecule is Cc1ccccc1SC(=S)NC1=CCS(=O)(=O)C1. The van der Waals surface area contributed by atoms with Crippen molar-refractivity contribution in [1.82, 2.24) is 5.32 Å². The lowest BCUT2D eigenvalue weighted by atomic mass is 10.2. The molecule has 1 aromatic rings. The lowest BCUT2D eigenvalue weighted by molar-refractivity contribution is 0.603. The molecule has 1 N–H and O–H groups in total. The number of aryl methyl sites for hydroxylation is 1. The minimum atomic E-state index is -2.95. The standard InChI is InChI=1S/C12H13NO2S3/c1-9-4-2-3-5-11(9)17-12(16)13-10-6-7-18(14,15)8-10/h2-6H,7-8H2,1H3,(H,13,16). The zero-order chi connectivity index (χ0) is 13.2. The first-order valence-electron chi connectivity index (χ1n) is 5.40. The molecule has 0 atom stereocenters. The quantitative estimate of drug-likeness (QED) is 0.670. The first kappa shape index (κ1) is 13.6. The number of rotatable bonds is 2. The first-order valence-corrected chi connectivity index (χ1v) is 8.45. The van der Waals surface area contributed by atoms with E-state index in [1.54, 1.807) is 6.08 Å². The molecule has 0 bridgehead atoms. The molecule has 2 rings (SSSR count). The Morgan fingerprint density at radius 2 is 2.11 bits per heavy atom. The molecule has 3 nitrogen and oxygen atoms in total. The molecule has 1 aliphatic rings. The summed E-state index contributed by atoms with van der Waals surface area (Å²) in [5.74, 6) is 0.161. The Hall–Kier alpha value is -0.850. The Morgan fingerprint density at radius 1 is 1.39 bits per heavy atom. The van der Waals surface area contributed by atoms with E-state index in [0.717, 1.165) is 10.5 Å². The maximum Gasteiger partial charge on any atom is 0.159 e. The van der Waals surface area contributed by atoms with E-state index in [-0.39, 0.29) is 11.5 Å². The number of sulfone groups is 1. The third kappa shape index (κ3) is 3.57. The van der Waals surface area contributed by atoms with Crippen molar-refractivity contribution in [2.45, 2.75) is 11.8 Å². The van der Waals surface area contributed by atoms with Crippen molar-refractivity contribution < 1.29 is 8.42 Å². The molecule has 0 aromatic heterocycles. The summed E-state index contributed by atoms with van der Waals surface area (Å²) in [6, 6.07) is 7.94. The van der Waals surface area contributed by atoms with Crippen LogP contribution in [0.5, 0.6) is 0 Å². The van der Waals surface area contributed by atoms with Gasteiger partial charge in [0, 0.05) is 10.6 Å². The van der Waals surface area contributed by atoms with Gasteiger partial charge in [-0.05, 0) is 24.6 Å². The minimum absolute atomic E-state index is 0.0570. The highest BCUT2D eigenvalue weighted by Gasteiger charge is 2.20. The Labute approximate surface area is 117 Å². The normalized spacial score (nSPS) is 17.3. The van der Waals surface area contributed by atoms with Gasteiger partial charge in [-0.3, -0.25) is 0 Å². The molecule has 0 saturated heterocycles. The summed E-state index contributed by atoms with van der Waals surface area (Å²) in [6.07, 6.45) is 1.68. The van der Waals surface area contributed by atoms with Crippen LogP contribution in [-0.4, -0.2) is 24.2 Å². The van der Waals surface area contributed by atoms with Gasteiger partial charge in [0.15, 0.2) is 9.84 Å². The Balaban J connectivity index is 1.97. The van der Waals surface area contributed by atoms with Crippen molar-refractivity contribution in [2.24, 2.45) is 0 Å². The Kier molecular flexibility index (Phi) is 4.09. The summed E-state index contributed by atoms with van der Waals surface area (Å²) in [6.45, 7) is 2.02. The van der Waals surface area contributed by atoms with Gasteiger partial charge in [0.05, 0.1) is 11.5 Å². The fourth-order valence-electron chi connectivity index (χ4n) is 1.60. The van der Waals surface area contributed by atoms with Gasteiger partial charge in [0.2, 0.25) is 0 Å². The van der Waals surface area contributed by atoms with E-state index in [1.807, 2.05) is 31.2 Å². The van der Waals surface area contributed by atoms with E-state index >= 15 is 0 Å². The van der Waals surface area contributed by atoms with Crippen LogP contribution in [-0.2, 0) is 9.84 Å². The second-order valence-electron chi connectivity index (χ2n) is 4.06. The topological polar surface area (TPSA) is 46.2 Å². The molecule has 96 valence electrons. The van der Waals surface area contributed by atoms with Crippen LogP contribution in [0.2, 0.25) is 0 Å². The second kappa shape index (κ2) is 5.42. The van der Waals surface area contributed by atoms with Crippen molar-refractivity contribution in [3.63, 3.8) is 0 Å². The largest absolute Gasteiger partial charge is 0.344 e. The molecule has 1 aromatic carbocycles. The van der Waals surface area contributed by atoms with Crippen LogP contribution in [0.1, 0.15) is 5.56 Å². The van der Waals surface area contributed by atoms with E-state index < -0.39 is 9.84 Å². The van der Waals surface area contributed by atoms with Crippen LogP contribution in [0.3, 0.4) is 0 Å². The van der Waals surface area contributed by atoms with Crippen LogP contribution >= 0.6 is 24.0 Å². The van der Waals surface area contributed by atoms with Crippen LogP contribution < -0.4 is 5.32 Å². The van der Waals surface area contributed by atoms with E-state index in [4.69, 9.17) is 12.2 Å². The molecule has 0 unspecified atom stereocenters. The zero-order valence-corrected chi connectivity index (χ0v) is 12.3. The molecule has 1 heterocycles. The molecule has 6 heteroatoms. The number of thiocarbonyl (C=S) groups is 1. The molecule has 18 heavy (non-hydrogen) atoms. The van der Waals surface area contributed by atoms with Gasteiger partial charge in [0.25, 0.3) is 0 Å². The van der Waals surface area contributed by atoms with Gasteiger partial charge in [-0.25, -0.2) is 8.42 Å². The molecule has 0 fully saturated rings. The summed E-state index contributed by atoms with van der Waals surface area (Å²) in [5.41, 5.74) is 1.83. The highest BCUT2D eigenvalue weighted by Crippen LogP contribution is 2.23. The van der Waals surface area contributed by atoms with Crippen molar-refractivity contribution in [2.75, 3.05) is 11.5 Å². The summed E-state index contributed by atoms with van der Waals surface area (Å²) >= 11 is 6.67. The number of hydrogen-bond acceptors (Lipinski definition) is 4. The Bertz CT molecular complexity index is 606. The molecular weight excluding hydrogens is 286 g/mol. The average molecular weight is 299 g/mol. The van der Waals surface area contributed by atoms with Gasteiger partial charge in [-0.2, -0.15) is 0 Å². The van der Waals surface area contributed by atoms with Crippen molar-refractivity contribution in [3.8, 4) is 0 Å². The third-order valence-electron chi connectivity index (χ3n) is 2.52.